The van der Waals surface area contributed by atoms with Crippen LogP contribution >= 0.6 is 0 Å². The van der Waals surface area contributed by atoms with Gasteiger partial charge in [-0.2, -0.15) is 0 Å². The highest BCUT2D eigenvalue weighted by atomic mass is 28.3. The molecule has 6 unspecified atom stereocenters. The van der Waals surface area contributed by atoms with E-state index in [-0.39, 0.29) is 0 Å². The molecule has 0 amide bonds. The minimum absolute atomic E-state index is 0.871. The van der Waals surface area contributed by atoms with E-state index < -0.39 is 16.5 Å². The Morgan fingerprint density at radius 1 is 0.595 bits per heavy atom. The highest BCUT2D eigenvalue weighted by Crippen LogP contribution is 2.57. The Balaban J connectivity index is 1.08. The second-order valence-corrected chi connectivity index (χ2v) is 24.0. The third-order valence-corrected chi connectivity index (χ3v) is 19.1. The molecule has 4 aliphatic carbocycles. The summed E-state index contributed by atoms with van der Waals surface area (Å²) in [6, 6.07) is 1.74. The van der Waals surface area contributed by atoms with Crippen LogP contribution in [0.15, 0.2) is 0 Å². The predicted molar refractivity (Wildman–Crippen MR) is 162 cm³/mol. The smallest absolute Gasteiger partial charge is 0.124 e. The zero-order valence-corrected chi connectivity index (χ0v) is 26.8. The summed E-state index contributed by atoms with van der Waals surface area (Å²) in [7, 11) is -3.10. The van der Waals surface area contributed by atoms with E-state index in [1.165, 1.54) is 116 Å². The lowest BCUT2D eigenvalue weighted by Crippen LogP contribution is -2.59. The number of hydrogen-bond acceptors (Lipinski definition) is 4. The van der Waals surface area contributed by atoms with Gasteiger partial charge in [-0.05, 0) is 125 Å². The number of likely N-dealkylation sites (tertiary alicyclic amines) is 2. The van der Waals surface area contributed by atoms with Gasteiger partial charge in [0.2, 0.25) is 0 Å². The van der Waals surface area contributed by atoms with Gasteiger partial charge in [-0.25, -0.2) is 0 Å². The molecule has 37 heavy (non-hydrogen) atoms. The summed E-state index contributed by atoms with van der Waals surface area (Å²) < 4.78 is 0. The Bertz CT molecular complexity index is 700. The Kier molecular flexibility index (Phi) is 8.36. The largest absolute Gasteiger partial charge is 0.326 e. The average molecular weight is 543 g/mol. The van der Waals surface area contributed by atoms with Gasteiger partial charge >= 0.3 is 0 Å². The van der Waals surface area contributed by atoms with Crippen LogP contribution in [-0.2, 0) is 0 Å². The van der Waals surface area contributed by atoms with Crippen molar-refractivity contribution in [1.82, 2.24) is 19.8 Å². The van der Waals surface area contributed by atoms with Gasteiger partial charge in [0.15, 0.2) is 0 Å². The van der Waals surface area contributed by atoms with Crippen molar-refractivity contribution in [1.29, 1.82) is 0 Å². The van der Waals surface area contributed by atoms with Gasteiger partial charge in [-0.15, -0.1) is 0 Å². The maximum atomic E-state index is 4.27. The molecule has 210 valence electrons. The lowest BCUT2D eigenvalue weighted by atomic mass is 9.80. The Morgan fingerprint density at radius 2 is 1.00 bits per heavy atom. The van der Waals surface area contributed by atoms with E-state index in [2.05, 4.69) is 46.0 Å². The minimum atomic E-state index is -1.55. The zero-order chi connectivity index (χ0) is 25.6. The molecule has 4 saturated carbocycles. The van der Waals surface area contributed by atoms with Crippen molar-refractivity contribution in [2.45, 2.75) is 139 Å². The van der Waals surface area contributed by atoms with Crippen molar-refractivity contribution in [2.24, 2.45) is 11.8 Å². The molecule has 2 aliphatic heterocycles. The minimum Gasteiger partial charge on any atom is -0.326 e. The standard InChI is InChI=1S/C31H58N4Si2/c1-36(2,30-21-28(34-17-9-10-18-34)24-13-5-7-15-26(24)30)32-23-33-37(3,4)31-22-29(35-19-11-12-20-35)25-14-6-8-16-27(25)31/h24-25,28-33H,5-23H2,1-4H3. The van der Waals surface area contributed by atoms with Crippen LogP contribution in [0.2, 0.25) is 37.3 Å². The summed E-state index contributed by atoms with van der Waals surface area (Å²) in [5, 5.41) is 0. The average Bonchev–Trinajstić information content (AvgIpc) is 3.68. The van der Waals surface area contributed by atoms with Gasteiger partial charge in [0.05, 0.1) is 0 Å². The summed E-state index contributed by atoms with van der Waals surface area (Å²) in [5.41, 5.74) is 1.77. The Morgan fingerprint density at radius 3 is 1.41 bits per heavy atom. The van der Waals surface area contributed by atoms with Crippen molar-refractivity contribution in [2.75, 3.05) is 32.8 Å². The highest BCUT2D eigenvalue weighted by molar-refractivity contribution is 6.78. The maximum absolute atomic E-state index is 4.27. The molecule has 6 aliphatic rings. The molecule has 0 aromatic rings. The van der Waals surface area contributed by atoms with Gasteiger partial charge in [0.25, 0.3) is 0 Å². The van der Waals surface area contributed by atoms with Crippen LogP contribution in [-0.4, -0.2) is 71.2 Å². The molecule has 6 heteroatoms. The molecular weight excluding hydrogens is 485 g/mol. The van der Waals surface area contributed by atoms with Gasteiger partial charge in [0.1, 0.15) is 16.5 Å². The van der Waals surface area contributed by atoms with Gasteiger partial charge < -0.3 is 19.8 Å². The van der Waals surface area contributed by atoms with E-state index in [0.717, 1.165) is 41.7 Å². The van der Waals surface area contributed by atoms with E-state index in [9.17, 15) is 0 Å². The molecule has 0 aromatic carbocycles. The fraction of sp³-hybridized carbons (Fsp3) is 0.935. The van der Waals surface area contributed by atoms with Crippen LogP contribution < -0.4 is 9.96 Å². The second kappa shape index (κ2) is 11.3. The molecule has 2 radical (unpaired) electrons. The Labute approximate surface area is 231 Å². The van der Waals surface area contributed by atoms with Crippen LogP contribution in [0.1, 0.15) is 89.9 Å². The number of rotatable bonds is 8. The molecule has 0 spiro atoms. The van der Waals surface area contributed by atoms with Gasteiger partial charge in [0, 0.05) is 18.8 Å². The fourth-order valence-corrected chi connectivity index (χ4v) is 16.2. The molecule has 6 fully saturated rings. The first-order valence-electron chi connectivity index (χ1n) is 16.5. The maximum Gasteiger partial charge on any atom is 0.124 e. The van der Waals surface area contributed by atoms with Crippen molar-refractivity contribution in [3.05, 3.63) is 11.8 Å². The lowest BCUT2D eigenvalue weighted by molar-refractivity contribution is 0.185. The van der Waals surface area contributed by atoms with Crippen molar-refractivity contribution in [3.63, 3.8) is 0 Å². The summed E-state index contributed by atoms with van der Waals surface area (Å²) in [6.07, 6.45) is 20.4. The van der Waals surface area contributed by atoms with E-state index in [1.54, 1.807) is 0 Å². The summed E-state index contributed by atoms with van der Waals surface area (Å²) >= 11 is 0. The second-order valence-electron chi connectivity index (χ2n) is 15.0. The quantitative estimate of drug-likeness (QED) is 0.269. The molecule has 0 bridgehead atoms. The van der Waals surface area contributed by atoms with Crippen LogP contribution in [0.3, 0.4) is 0 Å². The monoisotopic (exact) mass is 542 g/mol. The third-order valence-electron chi connectivity index (χ3n) is 12.2. The molecule has 0 aromatic heterocycles. The first kappa shape index (κ1) is 27.4. The van der Waals surface area contributed by atoms with Crippen LogP contribution in [0.25, 0.3) is 0 Å². The van der Waals surface area contributed by atoms with Gasteiger partial charge in [-0.1, -0.05) is 51.9 Å². The molecular formula is C31H58N4Si2. The van der Waals surface area contributed by atoms with E-state index in [1.807, 2.05) is 11.8 Å². The van der Waals surface area contributed by atoms with E-state index in [0.29, 0.717) is 0 Å². The molecule has 2 saturated heterocycles. The normalized spacial score (nSPS) is 38.9. The predicted octanol–water partition coefficient (Wildman–Crippen LogP) is 6.54. The topological polar surface area (TPSA) is 30.5 Å². The SMILES string of the molecule is C[Si](C)(NCN[Si](C)(C)C1CC(N2CCCC2)C2CCCC[C]21)C1CC(N2CCCC2)C2CCCC[C]21. The van der Waals surface area contributed by atoms with E-state index in [4.69, 9.17) is 0 Å². The molecule has 6 rings (SSSR count). The Hall–Kier alpha value is 0.274. The summed E-state index contributed by atoms with van der Waals surface area (Å²) in [6.45, 7) is 17.2. The van der Waals surface area contributed by atoms with Crippen LogP contribution in [0, 0.1) is 23.7 Å². The molecule has 2 N–H and O–H groups in total. The number of fused-ring (bicyclic) bond motifs is 2. The van der Waals surface area contributed by atoms with E-state index >= 15 is 0 Å². The first-order valence-corrected chi connectivity index (χ1v) is 22.7. The summed E-state index contributed by atoms with van der Waals surface area (Å²) in [5.74, 6) is 5.86. The molecule has 2 heterocycles. The van der Waals surface area contributed by atoms with Crippen LogP contribution in [0.4, 0.5) is 0 Å². The van der Waals surface area contributed by atoms with Crippen LogP contribution in [0.5, 0.6) is 0 Å². The molecule has 6 atom stereocenters. The summed E-state index contributed by atoms with van der Waals surface area (Å²) in [4.78, 5) is 14.3. The van der Waals surface area contributed by atoms with Crippen molar-refractivity contribution in [3.8, 4) is 0 Å². The highest BCUT2D eigenvalue weighted by Gasteiger charge is 2.54. The third kappa shape index (κ3) is 5.47. The number of nitrogens with one attached hydrogen (secondary N) is 2. The number of hydrogen-bond donors (Lipinski definition) is 2. The number of nitrogens with zero attached hydrogens (tertiary/aromatic N) is 2. The zero-order valence-electron chi connectivity index (χ0n) is 24.8. The van der Waals surface area contributed by atoms with Crippen molar-refractivity contribution < 1.29 is 0 Å². The van der Waals surface area contributed by atoms with Crippen molar-refractivity contribution >= 4 is 16.5 Å². The molecule has 4 nitrogen and oxygen atoms in total. The first-order chi connectivity index (χ1) is 17.9. The van der Waals surface area contributed by atoms with Gasteiger partial charge in [-0.3, -0.25) is 0 Å². The lowest BCUT2D eigenvalue weighted by Gasteiger charge is -2.40. The fourth-order valence-electron chi connectivity index (χ4n) is 10.2.